The van der Waals surface area contributed by atoms with E-state index in [9.17, 15) is 13.6 Å². The maximum atomic E-state index is 13.8. The van der Waals surface area contributed by atoms with E-state index in [1.54, 1.807) is 7.05 Å². The number of carbonyl (C=O) groups excluding carboxylic acids is 1. The monoisotopic (exact) mass is 257 g/mol. The Kier molecular flexibility index (Phi) is 5.03. The maximum absolute atomic E-state index is 13.8. The van der Waals surface area contributed by atoms with E-state index in [0.29, 0.717) is 12.1 Å². The molecule has 6 heteroatoms. The smallest absolute Gasteiger partial charge is 0.239 e. The molecule has 0 heterocycles. The van der Waals surface area contributed by atoms with Crippen LogP contribution in [0.5, 0.6) is 0 Å². The summed E-state index contributed by atoms with van der Waals surface area (Å²) in [4.78, 5) is 12.4. The largest absolute Gasteiger partial charge is 0.361 e. The Labute approximate surface area is 105 Å². The van der Waals surface area contributed by atoms with Gasteiger partial charge in [-0.15, -0.1) is 0 Å². The molecule has 1 rings (SSSR count). The number of halogens is 2. The van der Waals surface area contributed by atoms with Crippen LogP contribution in [0.2, 0.25) is 0 Å². The molecule has 0 bridgehead atoms. The van der Waals surface area contributed by atoms with E-state index in [2.05, 4.69) is 10.6 Å². The molecule has 0 saturated carbocycles. The molecule has 0 aliphatic heterocycles. The molecule has 0 spiro atoms. The summed E-state index contributed by atoms with van der Waals surface area (Å²) in [6.45, 7) is 0.281. The van der Waals surface area contributed by atoms with Crippen LogP contribution >= 0.6 is 0 Å². The number of likely N-dealkylation sites (N-methyl/N-ethyl adjacent to an activating group) is 2. The SMILES string of the molecule is CNCc1cc(F)c(N(C)CC(=O)NC)c(F)c1. The van der Waals surface area contributed by atoms with Crippen molar-refractivity contribution in [2.75, 3.05) is 32.6 Å². The Morgan fingerprint density at radius 3 is 2.28 bits per heavy atom. The van der Waals surface area contributed by atoms with Gasteiger partial charge in [0.25, 0.3) is 0 Å². The summed E-state index contributed by atoms with van der Waals surface area (Å²) in [6.07, 6.45) is 0. The van der Waals surface area contributed by atoms with Crippen molar-refractivity contribution in [3.05, 3.63) is 29.3 Å². The second-order valence-electron chi connectivity index (χ2n) is 3.97. The van der Waals surface area contributed by atoms with Gasteiger partial charge in [0, 0.05) is 20.6 Å². The highest BCUT2D eigenvalue weighted by Gasteiger charge is 2.16. The minimum atomic E-state index is -0.674. The second kappa shape index (κ2) is 6.30. The first-order valence-electron chi connectivity index (χ1n) is 5.53. The van der Waals surface area contributed by atoms with E-state index in [0.717, 1.165) is 0 Å². The number of hydrogen-bond donors (Lipinski definition) is 2. The highest BCUT2D eigenvalue weighted by Crippen LogP contribution is 2.23. The Balaban J connectivity index is 2.98. The van der Waals surface area contributed by atoms with Crippen molar-refractivity contribution >= 4 is 11.6 Å². The van der Waals surface area contributed by atoms with Crippen LogP contribution in [0.25, 0.3) is 0 Å². The van der Waals surface area contributed by atoms with Crippen LogP contribution in [0.1, 0.15) is 5.56 Å². The van der Waals surface area contributed by atoms with E-state index in [4.69, 9.17) is 0 Å². The number of rotatable bonds is 5. The molecular weight excluding hydrogens is 240 g/mol. The number of hydrogen-bond acceptors (Lipinski definition) is 3. The van der Waals surface area contributed by atoms with Crippen molar-refractivity contribution in [3.63, 3.8) is 0 Å². The van der Waals surface area contributed by atoms with Crippen molar-refractivity contribution in [1.29, 1.82) is 0 Å². The van der Waals surface area contributed by atoms with Crippen LogP contribution in [-0.2, 0) is 11.3 Å². The molecule has 0 aliphatic rings. The van der Waals surface area contributed by atoms with Crippen LogP contribution in [0, 0.1) is 11.6 Å². The number of nitrogens with one attached hydrogen (secondary N) is 2. The molecule has 18 heavy (non-hydrogen) atoms. The zero-order valence-corrected chi connectivity index (χ0v) is 10.7. The molecule has 1 aromatic rings. The molecular formula is C12H17F2N3O. The van der Waals surface area contributed by atoms with E-state index in [-0.39, 0.29) is 18.1 Å². The molecule has 0 atom stereocenters. The Bertz CT molecular complexity index is 414. The first-order valence-corrected chi connectivity index (χ1v) is 5.53. The molecule has 0 radical (unpaired) electrons. The zero-order valence-electron chi connectivity index (χ0n) is 10.7. The number of benzene rings is 1. The van der Waals surface area contributed by atoms with Gasteiger partial charge >= 0.3 is 0 Å². The summed E-state index contributed by atoms with van der Waals surface area (Å²) in [5.41, 5.74) is 0.322. The molecule has 2 N–H and O–H groups in total. The molecule has 4 nitrogen and oxygen atoms in total. The molecule has 1 aromatic carbocycles. The van der Waals surface area contributed by atoms with Gasteiger partial charge in [0.2, 0.25) is 5.91 Å². The number of carbonyl (C=O) groups is 1. The van der Waals surface area contributed by atoms with Crippen molar-refractivity contribution in [3.8, 4) is 0 Å². The van der Waals surface area contributed by atoms with Gasteiger partial charge in [0.15, 0.2) is 0 Å². The lowest BCUT2D eigenvalue weighted by atomic mass is 10.1. The lowest BCUT2D eigenvalue weighted by Crippen LogP contribution is -2.34. The third-order valence-corrected chi connectivity index (χ3v) is 2.50. The van der Waals surface area contributed by atoms with Crippen LogP contribution in [0.3, 0.4) is 0 Å². The van der Waals surface area contributed by atoms with Crippen LogP contribution in [0.4, 0.5) is 14.5 Å². The first-order chi connectivity index (χ1) is 8.49. The molecule has 0 unspecified atom stereocenters. The predicted molar refractivity (Wildman–Crippen MR) is 66.5 cm³/mol. The van der Waals surface area contributed by atoms with Gasteiger partial charge in [-0.2, -0.15) is 0 Å². The molecule has 100 valence electrons. The van der Waals surface area contributed by atoms with E-state index < -0.39 is 11.6 Å². The summed E-state index contributed by atoms with van der Waals surface area (Å²) < 4.78 is 27.6. The highest BCUT2D eigenvalue weighted by atomic mass is 19.1. The van der Waals surface area contributed by atoms with Crippen LogP contribution < -0.4 is 15.5 Å². The quantitative estimate of drug-likeness (QED) is 0.822. The van der Waals surface area contributed by atoms with Gasteiger partial charge in [0.05, 0.1) is 6.54 Å². The van der Waals surface area contributed by atoms with Gasteiger partial charge in [-0.3, -0.25) is 4.79 Å². The third kappa shape index (κ3) is 3.40. The second-order valence-corrected chi connectivity index (χ2v) is 3.97. The topological polar surface area (TPSA) is 44.4 Å². The fourth-order valence-corrected chi connectivity index (χ4v) is 1.66. The van der Waals surface area contributed by atoms with E-state index in [1.165, 1.54) is 31.1 Å². The summed E-state index contributed by atoms with van der Waals surface area (Å²) in [5, 5.41) is 5.22. The standard InChI is InChI=1S/C12H17F2N3O/c1-15-6-8-4-9(13)12(10(14)5-8)17(3)7-11(18)16-2/h4-5,15H,6-7H2,1-3H3,(H,16,18). The fraction of sp³-hybridized carbons (Fsp3) is 0.417. The minimum absolute atomic E-state index is 0.101. The number of nitrogens with zero attached hydrogens (tertiary/aromatic N) is 1. The van der Waals surface area contributed by atoms with Gasteiger partial charge in [-0.05, 0) is 24.7 Å². The predicted octanol–water partition coefficient (Wildman–Crippen LogP) is 0.866. The van der Waals surface area contributed by atoms with Gasteiger partial charge < -0.3 is 15.5 Å². The normalized spacial score (nSPS) is 10.3. The Hall–Kier alpha value is -1.69. The van der Waals surface area contributed by atoms with Crippen molar-refractivity contribution in [1.82, 2.24) is 10.6 Å². The summed E-state index contributed by atoms with van der Waals surface area (Å²) >= 11 is 0. The summed E-state index contributed by atoms with van der Waals surface area (Å²) in [5.74, 6) is -1.66. The van der Waals surface area contributed by atoms with Crippen molar-refractivity contribution < 1.29 is 13.6 Å². The molecule has 1 amide bonds. The van der Waals surface area contributed by atoms with Gasteiger partial charge in [-0.1, -0.05) is 0 Å². The lowest BCUT2D eigenvalue weighted by molar-refractivity contribution is -0.119. The maximum Gasteiger partial charge on any atom is 0.239 e. The van der Waals surface area contributed by atoms with Gasteiger partial charge in [-0.25, -0.2) is 8.78 Å². The first kappa shape index (κ1) is 14.4. The summed E-state index contributed by atoms with van der Waals surface area (Å²) in [7, 11) is 4.63. The Morgan fingerprint density at radius 1 is 1.28 bits per heavy atom. The van der Waals surface area contributed by atoms with Crippen LogP contribution in [0.15, 0.2) is 12.1 Å². The lowest BCUT2D eigenvalue weighted by Gasteiger charge is -2.20. The number of anilines is 1. The molecule has 0 aliphatic carbocycles. The Morgan fingerprint density at radius 2 is 1.83 bits per heavy atom. The zero-order chi connectivity index (χ0) is 13.7. The minimum Gasteiger partial charge on any atom is -0.361 e. The van der Waals surface area contributed by atoms with Gasteiger partial charge in [0.1, 0.15) is 17.3 Å². The fourth-order valence-electron chi connectivity index (χ4n) is 1.66. The van der Waals surface area contributed by atoms with E-state index in [1.807, 2.05) is 0 Å². The molecule has 0 aromatic heterocycles. The molecule has 0 fully saturated rings. The van der Waals surface area contributed by atoms with Crippen molar-refractivity contribution in [2.45, 2.75) is 6.54 Å². The average molecular weight is 257 g/mol. The van der Waals surface area contributed by atoms with E-state index >= 15 is 0 Å². The average Bonchev–Trinajstić information content (AvgIpc) is 2.28. The summed E-state index contributed by atoms with van der Waals surface area (Å²) in [6, 6.07) is 2.52. The third-order valence-electron chi connectivity index (χ3n) is 2.50. The molecule has 0 saturated heterocycles. The number of amides is 1. The highest BCUT2D eigenvalue weighted by molar-refractivity contribution is 5.81. The van der Waals surface area contributed by atoms with Crippen molar-refractivity contribution in [2.24, 2.45) is 0 Å². The van der Waals surface area contributed by atoms with Crippen LogP contribution in [-0.4, -0.2) is 33.6 Å².